The van der Waals surface area contributed by atoms with Gasteiger partial charge in [0.15, 0.2) is 11.0 Å². The third kappa shape index (κ3) is 3.61. The van der Waals surface area contributed by atoms with Crippen LogP contribution in [-0.4, -0.2) is 48.3 Å². The number of hydrogen-bond donors (Lipinski definition) is 2. The molecule has 0 saturated carbocycles. The monoisotopic (exact) mass is 334 g/mol. The second-order valence-electron chi connectivity index (χ2n) is 5.50. The molecule has 0 unspecified atom stereocenters. The molecule has 1 amide bonds. The molecule has 1 fully saturated rings. The second-order valence-corrected chi connectivity index (χ2v) is 6.47. The summed E-state index contributed by atoms with van der Waals surface area (Å²) in [7, 11) is 0. The Kier molecular flexibility index (Phi) is 4.46. The van der Waals surface area contributed by atoms with Crippen LogP contribution in [0.3, 0.4) is 0 Å². The fraction of sp³-hybridized carbons (Fsp3) is 0.500. The van der Waals surface area contributed by atoms with Crippen molar-refractivity contribution in [3.63, 3.8) is 0 Å². The van der Waals surface area contributed by atoms with Crippen molar-refractivity contribution in [2.45, 2.75) is 37.9 Å². The summed E-state index contributed by atoms with van der Waals surface area (Å²) in [5.41, 5.74) is 0.432. The maximum Gasteiger partial charge on any atom is 0.251 e. The van der Waals surface area contributed by atoms with Crippen LogP contribution in [0.1, 0.15) is 36.2 Å². The molecule has 1 aliphatic rings. The van der Waals surface area contributed by atoms with E-state index < -0.39 is 0 Å². The Morgan fingerprint density at radius 1 is 1.43 bits per heavy atom. The topological polar surface area (TPSA) is 108 Å². The smallest absolute Gasteiger partial charge is 0.251 e. The number of nitrogens with one attached hydrogen (secondary N) is 2. The standard InChI is InChI=1S/C14H18N6O2S/c1-8-6-11(21)17-14(15-8)23-7-12(22)20-5-3-4-10(20)13-16-9(2)18-19-13/h6,10H,3-5,7H2,1-2H3,(H,15,17,21)(H,16,18,19)/t10-/m0/s1. The molecule has 3 heterocycles. The number of aromatic nitrogens is 5. The summed E-state index contributed by atoms with van der Waals surface area (Å²) in [6, 6.07) is 1.35. The predicted molar refractivity (Wildman–Crippen MR) is 85.1 cm³/mol. The van der Waals surface area contributed by atoms with E-state index in [4.69, 9.17) is 0 Å². The Bertz CT molecular complexity index is 771. The third-order valence-electron chi connectivity index (χ3n) is 3.67. The number of thioether (sulfide) groups is 1. The molecule has 1 saturated heterocycles. The number of rotatable bonds is 4. The minimum Gasteiger partial charge on any atom is -0.332 e. The summed E-state index contributed by atoms with van der Waals surface area (Å²) in [5.74, 6) is 1.64. The lowest BCUT2D eigenvalue weighted by Crippen LogP contribution is -2.32. The van der Waals surface area contributed by atoms with Gasteiger partial charge >= 0.3 is 0 Å². The Labute approximate surface area is 137 Å². The number of amides is 1. The van der Waals surface area contributed by atoms with Crippen LogP contribution in [0.25, 0.3) is 0 Å². The van der Waals surface area contributed by atoms with Crippen molar-refractivity contribution in [2.75, 3.05) is 12.3 Å². The average Bonchev–Trinajstić information content (AvgIpc) is 3.12. The van der Waals surface area contributed by atoms with E-state index >= 15 is 0 Å². The van der Waals surface area contributed by atoms with E-state index in [1.807, 2.05) is 11.8 Å². The van der Waals surface area contributed by atoms with Gasteiger partial charge in [-0.25, -0.2) is 9.97 Å². The lowest BCUT2D eigenvalue weighted by Gasteiger charge is -2.22. The molecule has 122 valence electrons. The van der Waals surface area contributed by atoms with Crippen LogP contribution in [0.5, 0.6) is 0 Å². The van der Waals surface area contributed by atoms with E-state index in [1.165, 1.54) is 17.8 Å². The molecule has 2 aromatic heterocycles. The van der Waals surface area contributed by atoms with Crippen molar-refractivity contribution in [2.24, 2.45) is 0 Å². The highest BCUT2D eigenvalue weighted by atomic mass is 32.2. The maximum atomic E-state index is 12.5. The van der Waals surface area contributed by atoms with Crippen LogP contribution in [0, 0.1) is 13.8 Å². The molecule has 3 rings (SSSR count). The molecule has 23 heavy (non-hydrogen) atoms. The Morgan fingerprint density at radius 3 is 2.96 bits per heavy atom. The molecule has 0 radical (unpaired) electrons. The second kappa shape index (κ2) is 6.53. The average molecular weight is 334 g/mol. The first kappa shape index (κ1) is 15.7. The highest BCUT2D eigenvalue weighted by Crippen LogP contribution is 2.30. The van der Waals surface area contributed by atoms with Gasteiger partial charge in [-0.15, -0.1) is 0 Å². The molecule has 0 bridgehead atoms. The number of aryl methyl sites for hydroxylation is 2. The number of nitrogens with zero attached hydrogens (tertiary/aromatic N) is 4. The van der Waals surface area contributed by atoms with Crippen LogP contribution in [-0.2, 0) is 4.79 Å². The fourth-order valence-corrected chi connectivity index (χ4v) is 3.48. The van der Waals surface area contributed by atoms with Crippen LogP contribution in [0.4, 0.5) is 0 Å². The molecule has 0 aliphatic carbocycles. The highest BCUT2D eigenvalue weighted by molar-refractivity contribution is 7.99. The Balaban J connectivity index is 1.66. The first-order valence-electron chi connectivity index (χ1n) is 7.42. The normalized spacial score (nSPS) is 17.7. The van der Waals surface area contributed by atoms with Crippen molar-refractivity contribution < 1.29 is 4.79 Å². The summed E-state index contributed by atoms with van der Waals surface area (Å²) in [4.78, 5) is 36.9. The Hall–Kier alpha value is -2.16. The van der Waals surface area contributed by atoms with Crippen LogP contribution < -0.4 is 5.56 Å². The van der Waals surface area contributed by atoms with Gasteiger partial charge in [0, 0.05) is 18.3 Å². The van der Waals surface area contributed by atoms with Gasteiger partial charge in [0.2, 0.25) is 5.91 Å². The quantitative estimate of drug-likeness (QED) is 0.637. The zero-order valence-electron chi connectivity index (χ0n) is 13.0. The van der Waals surface area contributed by atoms with E-state index in [0.717, 1.165) is 18.7 Å². The molecule has 8 nitrogen and oxygen atoms in total. The van der Waals surface area contributed by atoms with Crippen molar-refractivity contribution >= 4 is 17.7 Å². The zero-order valence-corrected chi connectivity index (χ0v) is 13.8. The van der Waals surface area contributed by atoms with Gasteiger partial charge in [-0.05, 0) is 26.7 Å². The maximum absolute atomic E-state index is 12.5. The Morgan fingerprint density at radius 2 is 2.26 bits per heavy atom. The molecule has 1 aliphatic heterocycles. The molecule has 0 aromatic carbocycles. The summed E-state index contributed by atoms with van der Waals surface area (Å²) >= 11 is 1.24. The van der Waals surface area contributed by atoms with Crippen LogP contribution in [0.2, 0.25) is 0 Å². The summed E-state index contributed by atoms with van der Waals surface area (Å²) in [6.45, 7) is 4.30. The minimum absolute atomic E-state index is 0.00380. The molecular weight excluding hydrogens is 316 g/mol. The van der Waals surface area contributed by atoms with Crippen molar-refractivity contribution in [1.29, 1.82) is 0 Å². The molecule has 0 spiro atoms. The van der Waals surface area contributed by atoms with Gasteiger partial charge in [-0.3, -0.25) is 14.7 Å². The van der Waals surface area contributed by atoms with Gasteiger partial charge in [-0.1, -0.05) is 11.8 Å². The van der Waals surface area contributed by atoms with Gasteiger partial charge in [0.05, 0.1) is 11.8 Å². The third-order valence-corrected chi connectivity index (χ3v) is 4.52. The SMILES string of the molecule is Cc1cc(=O)[nH]c(SCC(=O)N2CCC[C@H]2c2n[nH]c(C)n2)n1. The zero-order chi connectivity index (χ0) is 16.4. The van der Waals surface area contributed by atoms with E-state index in [-0.39, 0.29) is 23.3 Å². The van der Waals surface area contributed by atoms with Crippen molar-refractivity contribution in [1.82, 2.24) is 30.0 Å². The number of carbonyl (C=O) groups is 1. The number of H-pyrrole nitrogens is 2. The summed E-state index contributed by atoms with van der Waals surface area (Å²) in [5, 5.41) is 7.46. The largest absolute Gasteiger partial charge is 0.332 e. The molecule has 2 N–H and O–H groups in total. The number of carbonyl (C=O) groups excluding carboxylic acids is 1. The van der Waals surface area contributed by atoms with Crippen LogP contribution >= 0.6 is 11.8 Å². The summed E-state index contributed by atoms with van der Waals surface area (Å²) in [6.07, 6.45) is 1.81. The first-order valence-corrected chi connectivity index (χ1v) is 8.40. The van der Waals surface area contributed by atoms with Crippen molar-refractivity contribution in [3.8, 4) is 0 Å². The molecular formula is C14H18N6O2S. The number of likely N-dealkylation sites (tertiary alicyclic amines) is 1. The predicted octanol–water partition coefficient (Wildman–Crippen LogP) is 0.961. The van der Waals surface area contributed by atoms with Gasteiger partial charge in [-0.2, -0.15) is 5.10 Å². The van der Waals surface area contributed by atoms with E-state index in [9.17, 15) is 9.59 Å². The van der Waals surface area contributed by atoms with Gasteiger partial charge in [0.1, 0.15) is 5.82 Å². The summed E-state index contributed by atoms with van der Waals surface area (Å²) < 4.78 is 0. The van der Waals surface area contributed by atoms with E-state index in [1.54, 1.807) is 6.92 Å². The van der Waals surface area contributed by atoms with E-state index in [0.29, 0.717) is 23.2 Å². The minimum atomic E-state index is -0.206. The van der Waals surface area contributed by atoms with E-state index in [2.05, 4.69) is 25.1 Å². The number of hydrogen-bond acceptors (Lipinski definition) is 6. The lowest BCUT2D eigenvalue weighted by atomic mass is 10.2. The fourth-order valence-electron chi connectivity index (χ4n) is 2.68. The highest BCUT2D eigenvalue weighted by Gasteiger charge is 2.32. The van der Waals surface area contributed by atoms with Gasteiger partial charge in [0.25, 0.3) is 5.56 Å². The van der Waals surface area contributed by atoms with Crippen LogP contribution in [0.15, 0.2) is 16.0 Å². The molecule has 2 aromatic rings. The van der Waals surface area contributed by atoms with Gasteiger partial charge < -0.3 is 9.88 Å². The molecule has 1 atom stereocenters. The van der Waals surface area contributed by atoms with Crippen molar-refractivity contribution in [3.05, 3.63) is 33.8 Å². The first-order chi connectivity index (χ1) is 11.0. The lowest BCUT2D eigenvalue weighted by molar-refractivity contribution is -0.129. The molecule has 9 heteroatoms. The number of aromatic amines is 2.